The predicted octanol–water partition coefficient (Wildman–Crippen LogP) is 2.86. The van der Waals surface area contributed by atoms with E-state index in [0.29, 0.717) is 17.0 Å². The van der Waals surface area contributed by atoms with Gasteiger partial charge in [0.25, 0.3) is 0 Å². The Morgan fingerprint density at radius 3 is 2.56 bits per heavy atom. The van der Waals surface area contributed by atoms with Crippen LogP contribution in [0.4, 0.5) is 0 Å². The number of nitrogens with one attached hydrogen (secondary N) is 1. The molecule has 1 aromatic carbocycles. The quantitative estimate of drug-likeness (QED) is 0.652. The molecule has 0 fully saturated rings. The Hall–Kier alpha value is -2.10. The second-order valence-corrected chi connectivity index (χ2v) is 4.50. The summed E-state index contributed by atoms with van der Waals surface area (Å²) in [5.74, 6) is 0.229. The molecule has 1 N–H and O–H groups in total. The Morgan fingerprint density at radius 1 is 1.22 bits per heavy atom. The number of aromatic amines is 1. The SMILES string of the molecule is Cc1cc(C)c(C)c(OC(=O)c2cn[nH]c2C)c1. The van der Waals surface area contributed by atoms with Crippen molar-refractivity contribution in [2.75, 3.05) is 0 Å². The summed E-state index contributed by atoms with van der Waals surface area (Å²) in [7, 11) is 0. The van der Waals surface area contributed by atoms with E-state index in [9.17, 15) is 4.79 Å². The maximum Gasteiger partial charge on any atom is 0.347 e. The van der Waals surface area contributed by atoms with Gasteiger partial charge in [-0.1, -0.05) is 6.07 Å². The van der Waals surface area contributed by atoms with Crippen LogP contribution in [-0.4, -0.2) is 16.2 Å². The summed E-state index contributed by atoms with van der Waals surface area (Å²) in [5.41, 5.74) is 4.34. The van der Waals surface area contributed by atoms with Crippen LogP contribution in [-0.2, 0) is 0 Å². The van der Waals surface area contributed by atoms with Gasteiger partial charge in [0, 0.05) is 5.69 Å². The lowest BCUT2D eigenvalue weighted by atomic mass is 10.1. The molecule has 0 amide bonds. The number of esters is 1. The monoisotopic (exact) mass is 244 g/mol. The molecule has 0 saturated heterocycles. The topological polar surface area (TPSA) is 55.0 Å². The van der Waals surface area contributed by atoms with Crippen LogP contribution in [0.2, 0.25) is 0 Å². The molecule has 94 valence electrons. The maximum atomic E-state index is 12.0. The minimum absolute atomic E-state index is 0.380. The lowest BCUT2D eigenvalue weighted by Crippen LogP contribution is -2.10. The van der Waals surface area contributed by atoms with E-state index in [2.05, 4.69) is 16.3 Å². The van der Waals surface area contributed by atoms with Crippen molar-refractivity contribution < 1.29 is 9.53 Å². The number of aromatic nitrogens is 2. The van der Waals surface area contributed by atoms with Crippen LogP contribution in [0.5, 0.6) is 5.75 Å². The van der Waals surface area contributed by atoms with E-state index in [-0.39, 0.29) is 5.97 Å². The van der Waals surface area contributed by atoms with Crippen molar-refractivity contribution in [3.8, 4) is 5.75 Å². The number of rotatable bonds is 2. The van der Waals surface area contributed by atoms with E-state index in [0.717, 1.165) is 16.7 Å². The van der Waals surface area contributed by atoms with Crippen molar-refractivity contribution in [2.24, 2.45) is 0 Å². The molecule has 0 unspecified atom stereocenters. The highest BCUT2D eigenvalue weighted by Gasteiger charge is 2.15. The maximum absolute atomic E-state index is 12.0. The summed E-state index contributed by atoms with van der Waals surface area (Å²) < 4.78 is 5.43. The van der Waals surface area contributed by atoms with Gasteiger partial charge < -0.3 is 4.74 Å². The van der Waals surface area contributed by atoms with Crippen LogP contribution in [0.1, 0.15) is 32.7 Å². The number of H-pyrrole nitrogens is 1. The third-order valence-corrected chi connectivity index (χ3v) is 3.02. The number of hydrogen-bond donors (Lipinski definition) is 1. The Labute approximate surface area is 106 Å². The molecular formula is C14H16N2O2. The average Bonchev–Trinajstić information content (AvgIpc) is 2.71. The predicted molar refractivity (Wildman–Crippen MR) is 68.9 cm³/mol. The highest BCUT2D eigenvalue weighted by Crippen LogP contribution is 2.24. The first-order valence-electron chi connectivity index (χ1n) is 5.79. The smallest absolute Gasteiger partial charge is 0.347 e. The van der Waals surface area contributed by atoms with Gasteiger partial charge in [-0.3, -0.25) is 5.10 Å². The Bertz CT molecular complexity index is 600. The van der Waals surface area contributed by atoms with Crippen molar-refractivity contribution in [1.29, 1.82) is 0 Å². The molecule has 0 spiro atoms. The lowest BCUT2D eigenvalue weighted by Gasteiger charge is -2.10. The second-order valence-electron chi connectivity index (χ2n) is 4.50. The summed E-state index contributed by atoms with van der Waals surface area (Å²) >= 11 is 0. The average molecular weight is 244 g/mol. The van der Waals surface area contributed by atoms with E-state index in [1.807, 2.05) is 26.8 Å². The first-order valence-corrected chi connectivity index (χ1v) is 5.79. The number of carbonyl (C=O) groups excluding carboxylic acids is 1. The van der Waals surface area contributed by atoms with Crippen LogP contribution in [0.3, 0.4) is 0 Å². The van der Waals surface area contributed by atoms with Crippen molar-refractivity contribution in [2.45, 2.75) is 27.7 Å². The Balaban J connectivity index is 2.30. The van der Waals surface area contributed by atoms with Crippen molar-refractivity contribution in [1.82, 2.24) is 10.2 Å². The van der Waals surface area contributed by atoms with Gasteiger partial charge in [0.2, 0.25) is 0 Å². The number of ether oxygens (including phenoxy) is 1. The molecule has 1 heterocycles. The zero-order valence-corrected chi connectivity index (χ0v) is 11.0. The molecule has 4 nitrogen and oxygen atoms in total. The first kappa shape index (κ1) is 12.4. The van der Waals surface area contributed by atoms with Gasteiger partial charge in [0.05, 0.1) is 6.20 Å². The van der Waals surface area contributed by atoms with E-state index >= 15 is 0 Å². The summed E-state index contributed by atoms with van der Waals surface area (Å²) in [6.07, 6.45) is 1.48. The van der Waals surface area contributed by atoms with Gasteiger partial charge in [-0.05, 0) is 50.5 Å². The van der Waals surface area contributed by atoms with Crippen LogP contribution < -0.4 is 4.74 Å². The van der Waals surface area contributed by atoms with Gasteiger partial charge in [0.1, 0.15) is 11.3 Å². The van der Waals surface area contributed by atoms with Gasteiger partial charge >= 0.3 is 5.97 Å². The summed E-state index contributed by atoms with van der Waals surface area (Å²) in [4.78, 5) is 12.0. The number of aryl methyl sites for hydroxylation is 3. The largest absolute Gasteiger partial charge is 0.423 e. The van der Waals surface area contributed by atoms with Crippen LogP contribution in [0, 0.1) is 27.7 Å². The molecule has 1 aromatic heterocycles. The van der Waals surface area contributed by atoms with E-state index in [1.165, 1.54) is 6.20 Å². The summed E-state index contributed by atoms with van der Waals surface area (Å²) in [6.45, 7) is 7.72. The molecule has 0 bridgehead atoms. The molecule has 0 radical (unpaired) electrons. The fraction of sp³-hybridized carbons (Fsp3) is 0.286. The lowest BCUT2D eigenvalue weighted by molar-refractivity contribution is 0.0733. The normalized spacial score (nSPS) is 10.4. The number of carbonyl (C=O) groups is 1. The minimum Gasteiger partial charge on any atom is -0.423 e. The van der Waals surface area contributed by atoms with E-state index in [4.69, 9.17) is 4.74 Å². The van der Waals surface area contributed by atoms with Crippen molar-refractivity contribution in [3.63, 3.8) is 0 Å². The van der Waals surface area contributed by atoms with E-state index in [1.54, 1.807) is 6.92 Å². The molecule has 0 atom stereocenters. The highest BCUT2D eigenvalue weighted by atomic mass is 16.5. The molecule has 0 aliphatic rings. The zero-order valence-electron chi connectivity index (χ0n) is 11.0. The van der Waals surface area contributed by atoms with Crippen molar-refractivity contribution in [3.05, 3.63) is 46.3 Å². The van der Waals surface area contributed by atoms with Gasteiger partial charge in [-0.2, -0.15) is 5.10 Å². The highest BCUT2D eigenvalue weighted by molar-refractivity contribution is 5.92. The van der Waals surface area contributed by atoms with Crippen LogP contribution in [0.15, 0.2) is 18.3 Å². The Morgan fingerprint density at radius 2 is 1.94 bits per heavy atom. The molecular weight excluding hydrogens is 228 g/mol. The first-order chi connectivity index (χ1) is 8.49. The molecule has 18 heavy (non-hydrogen) atoms. The fourth-order valence-electron chi connectivity index (χ4n) is 1.82. The second kappa shape index (κ2) is 4.64. The van der Waals surface area contributed by atoms with Gasteiger partial charge in [-0.15, -0.1) is 0 Å². The molecule has 4 heteroatoms. The Kier molecular flexibility index (Phi) is 3.19. The van der Waals surface area contributed by atoms with Gasteiger partial charge in [0.15, 0.2) is 0 Å². The molecule has 0 saturated carbocycles. The van der Waals surface area contributed by atoms with Gasteiger partial charge in [-0.25, -0.2) is 4.79 Å². The zero-order chi connectivity index (χ0) is 13.3. The fourth-order valence-corrected chi connectivity index (χ4v) is 1.82. The molecule has 0 aliphatic carbocycles. The van der Waals surface area contributed by atoms with Crippen molar-refractivity contribution >= 4 is 5.97 Å². The molecule has 2 rings (SSSR count). The minimum atomic E-state index is -0.380. The third-order valence-electron chi connectivity index (χ3n) is 3.02. The summed E-state index contributed by atoms with van der Waals surface area (Å²) in [6, 6.07) is 3.94. The van der Waals surface area contributed by atoms with Crippen LogP contribution in [0.25, 0.3) is 0 Å². The van der Waals surface area contributed by atoms with E-state index < -0.39 is 0 Å². The summed E-state index contributed by atoms with van der Waals surface area (Å²) in [5, 5.41) is 6.54. The number of nitrogens with zero attached hydrogens (tertiary/aromatic N) is 1. The standard InChI is InChI=1S/C14H16N2O2/c1-8-5-9(2)10(3)13(6-8)18-14(17)12-7-15-16-11(12)4/h5-7H,1-4H3,(H,15,16). The number of benzene rings is 1. The third kappa shape index (κ3) is 2.27. The number of hydrogen-bond acceptors (Lipinski definition) is 3. The molecule has 2 aromatic rings. The molecule has 0 aliphatic heterocycles. The van der Waals surface area contributed by atoms with Crippen LogP contribution >= 0.6 is 0 Å².